The molecule has 14 heteroatoms. The Kier molecular flexibility index (Phi) is 7.11. The van der Waals surface area contributed by atoms with Crippen molar-refractivity contribution in [1.82, 2.24) is 4.73 Å². The Hall–Kier alpha value is -3.34. The highest BCUT2D eigenvalue weighted by Crippen LogP contribution is 2.44. The second-order valence-electron chi connectivity index (χ2n) is 8.21. The molecule has 1 aliphatic heterocycles. The molecule has 3 aromatic rings. The smallest absolute Gasteiger partial charge is 0.417 e. The van der Waals surface area contributed by atoms with E-state index in [0.717, 1.165) is 43.2 Å². The van der Waals surface area contributed by atoms with Crippen LogP contribution < -0.4 is 20.2 Å². The zero-order valence-corrected chi connectivity index (χ0v) is 20.5. The quantitative estimate of drug-likeness (QED) is 0.333. The molecule has 2 atom stereocenters. The van der Waals surface area contributed by atoms with E-state index < -0.39 is 47.6 Å². The van der Waals surface area contributed by atoms with Crippen molar-refractivity contribution in [3.63, 3.8) is 0 Å². The van der Waals surface area contributed by atoms with Gasteiger partial charge in [0.25, 0.3) is 11.5 Å². The molecule has 8 nitrogen and oxygen atoms in total. The van der Waals surface area contributed by atoms with Crippen molar-refractivity contribution in [3.05, 3.63) is 92.1 Å². The molecule has 1 aromatic heterocycles. The molecule has 2 heterocycles. The zero-order chi connectivity index (χ0) is 27.1. The molecule has 0 saturated carbocycles. The second-order valence-corrected chi connectivity index (χ2v) is 10.4. The lowest BCUT2D eigenvalue weighted by atomic mass is 9.83. The number of rotatable bonds is 5. The maximum absolute atomic E-state index is 13.7. The maximum atomic E-state index is 13.7. The summed E-state index contributed by atoms with van der Waals surface area (Å²) in [5.41, 5.74) is -1.92. The number of pyridine rings is 1. The molecule has 0 aliphatic carbocycles. The Labute approximate surface area is 211 Å². The normalized spacial score (nSPS) is 16.8. The van der Waals surface area contributed by atoms with Crippen LogP contribution in [0.5, 0.6) is 5.75 Å². The van der Waals surface area contributed by atoms with Crippen molar-refractivity contribution in [2.24, 2.45) is 0 Å². The minimum absolute atomic E-state index is 0.0192. The average molecular weight is 561 g/mol. The molecule has 0 spiro atoms. The molecule has 0 fully saturated rings. The third-order valence-electron chi connectivity index (χ3n) is 5.46. The van der Waals surface area contributed by atoms with Crippen LogP contribution in [0.1, 0.15) is 39.4 Å². The van der Waals surface area contributed by atoms with Gasteiger partial charge in [-0.25, -0.2) is 8.96 Å². The number of fused-ring (bicyclic) bond motifs is 1. The SMILES string of the molecule is CP(=O)(O)On1ccc(NC(=O)c2cc(Cl)c(C(F)(F)F)cc2C2CCOc3cc(F)ccc32)cc1=O. The van der Waals surface area contributed by atoms with E-state index in [1.54, 1.807) is 0 Å². The first-order valence-corrected chi connectivity index (χ1v) is 13.0. The van der Waals surface area contributed by atoms with Crippen molar-refractivity contribution < 1.29 is 41.2 Å². The Balaban J connectivity index is 1.76. The molecule has 37 heavy (non-hydrogen) atoms. The fourth-order valence-corrected chi connectivity index (χ4v) is 4.68. The van der Waals surface area contributed by atoms with Crippen molar-refractivity contribution in [1.29, 1.82) is 0 Å². The molecule has 2 unspecified atom stereocenters. The fraction of sp³-hybridized carbons (Fsp3) is 0.217. The predicted molar refractivity (Wildman–Crippen MR) is 126 cm³/mol. The molecule has 0 bridgehead atoms. The number of hydrogen-bond donors (Lipinski definition) is 2. The van der Waals surface area contributed by atoms with Crippen LogP contribution in [0.15, 0.2) is 53.5 Å². The molecule has 4 rings (SSSR count). The van der Waals surface area contributed by atoms with Gasteiger partial charge in [0.1, 0.15) is 11.6 Å². The lowest BCUT2D eigenvalue weighted by molar-refractivity contribution is -0.137. The average Bonchev–Trinajstić information content (AvgIpc) is 2.78. The van der Waals surface area contributed by atoms with Crippen LogP contribution in [0, 0.1) is 5.82 Å². The number of halogens is 5. The topological polar surface area (TPSA) is 107 Å². The van der Waals surface area contributed by atoms with Crippen molar-refractivity contribution >= 4 is 30.8 Å². The fourth-order valence-electron chi connectivity index (χ4n) is 3.95. The van der Waals surface area contributed by atoms with Gasteiger partial charge in [-0.05, 0) is 36.2 Å². The van der Waals surface area contributed by atoms with E-state index in [2.05, 4.69) is 9.94 Å². The minimum atomic E-state index is -4.81. The molecule has 1 aliphatic rings. The summed E-state index contributed by atoms with van der Waals surface area (Å²) in [6, 6.07) is 7.38. The molecular formula is C23H18ClF4N2O6P. The van der Waals surface area contributed by atoms with Gasteiger partial charge >= 0.3 is 13.8 Å². The van der Waals surface area contributed by atoms with E-state index in [1.165, 1.54) is 12.1 Å². The van der Waals surface area contributed by atoms with Crippen LogP contribution in [0.4, 0.5) is 23.2 Å². The highest BCUT2D eigenvalue weighted by molar-refractivity contribution is 7.52. The van der Waals surface area contributed by atoms with Crippen molar-refractivity contribution in [2.75, 3.05) is 18.6 Å². The third-order valence-corrected chi connectivity index (χ3v) is 6.25. The van der Waals surface area contributed by atoms with Gasteiger partial charge in [0, 0.05) is 34.9 Å². The summed E-state index contributed by atoms with van der Waals surface area (Å²) in [6.07, 6.45) is -3.62. The van der Waals surface area contributed by atoms with E-state index in [4.69, 9.17) is 16.3 Å². The Morgan fingerprint density at radius 3 is 2.59 bits per heavy atom. The predicted octanol–water partition coefficient (Wildman–Crippen LogP) is 5.07. The van der Waals surface area contributed by atoms with Gasteiger partial charge in [0.2, 0.25) is 0 Å². The third kappa shape index (κ3) is 5.98. The van der Waals surface area contributed by atoms with Crippen LogP contribution in [0.3, 0.4) is 0 Å². The van der Waals surface area contributed by atoms with Crippen LogP contribution in [0.25, 0.3) is 0 Å². The van der Waals surface area contributed by atoms with Crippen molar-refractivity contribution in [2.45, 2.75) is 18.5 Å². The van der Waals surface area contributed by atoms with E-state index >= 15 is 0 Å². The van der Waals surface area contributed by atoms with E-state index in [-0.39, 0.29) is 35.6 Å². The van der Waals surface area contributed by atoms with E-state index in [0.29, 0.717) is 10.3 Å². The number of hydrogen-bond acceptors (Lipinski definition) is 5. The molecule has 196 valence electrons. The summed E-state index contributed by atoms with van der Waals surface area (Å²) < 4.78 is 76.7. The van der Waals surface area contributed by atoms with Gasteiger partial charge in [-0.3, -0.25) is 9.59 Å². The zero-order valence-electron chi connectivity index (χ0n) is 18.9. The van der Waals surface area contributed by atoms with Gasteiger partial charge in [0.15, 0.2) is 0 Å². The maximum Gasteiger partial charge on any atom is 0.417 e. The van der Waals surface area contributed by atoms with Crippen LogP contribution in [-0.2, 0) is 10.7 Å². The minimum Gasteiger partial charge on any atom is -0.493 e. The molecule has 2 N–H and O–H groups in total. The number of nitrogens with one attached hydrogen (secondary N) is 1. The summed E-state index contributed by atoms with van der Waals surface area (Å²) in [5, 5.41) is 1.71. The van der Waals surface area contributed by atoms with E-state index in [9.17, 15) is 36.6 Å². The van der Waals surface area contributed by atoms with Crippen LogP contribution in [-0.4, -0.2) is 28.8 Å². The standard InChI is InChI=1S/C23H18ClF4N2O6P/c1-37(33,34)36-30-6-4-13(9-21(30)31)29-22(32)17-11-19(24)18(23(26,27)28)10-16(17)14-5-7-35-20-8-12(25)2-3-15(14)20/h2-4,6,8-11,14H,5,7H2,1H3,(H,29,32)(H,33,34). The van der Waals surface area contributed by atoms with Crippen molar-refractivity contribution in [3.8, 4) is 5.75 Å². The molecule has 1 amide bonds. The number of carbonyl (C=O) groups is 1. The van der Waals surface area contributed by atoms with Gasteiger partial charge in [0.05, 0.1) is 30.1 Å². The Morgan fingerprint density at radius 1 is 1.22 bits per heavy atom. The van der Waals surface area contributed by atoms with Gasteiger partial charge in [-0.2, -0.15) is 13.2 Å². The number of alkyl halides is 3. The van der Waals surface area contributed by atoms with Crippen LogP contribution >= 0.6 is 19.2 Å². The van der Waals surface area contributed by atoms with Gasteiger partial charge in [-0.15, -0.1) is 4.73 Å². The molecule has 2 aromatic carbocycles. The lowest BCUT2D eigenvalue weighted by Crippen LogP contribution is -2.25. The number of carbonyl (C=O) groups excluding carboxylic acids is 1. The number of amides is 1. The number of benzene rings is 2. The summed E-state index contributed by atoms with van der Waals surface area (Å²) in [5.74, 6) is -2.08. The van der Waals surface area contributed by atoms with Gasteiger partial charge < -0.3 is 19.6 Å². The summed E-state index contributed by atoms with van der Waals surface area (Å²) in [7, 11) is -4.05. The number of nitrogens with zero attached hydrogens (tertiary/aromatic N) is 1. The first-order chi connectivity index (χ1) is 17.2. The Bertz CT molecular complexity index is 1490. The molecule has 0 radical (unpaired) electrons. The Morgan fingerprint density at radius 2 is 1.95 bits per heavy atom. The first-order valence-electron chi connectivity index (χ1n) is 10.6. The lowest BCUT2D eigenvalue weighted by Gasteiger charge is -2.28. The molecular weight excluding hydrogens is 543 g/mol. The monoisotopic (exact) mass is 560 g/mol. The number of anilines is 1. The molecule has 0 saturated heterocycles. The summed E-state index contributed by atoms with van der Waals surface area (Å²) in [6.45, 7) is 0.935. The van der Waals surface area contributed by atoms with Gasteiger partial charge in [-0.1, -0.05) is 17.7 Å². The summed E-state index contributed by atoms with van der Waals surface area (Å²) >= 11 is 5.91. The van der Waals surface area contributed by atoms with E-state index in [1.807, 2.05) is 0 Å². The second kappa shape index (κ2) is 9.85. The highest BCUT2D eigenvalue weighted by Gasteiger charge is 2.37. The largest absolute Gasteiger partial charge is 0.493 e. The number of aromatic nitrogens is 1. The number of ether oxygens (including phenoxy) is 1. The summed E-state index contributed by atoms with van der Waals surface area (Å²) in [4.78, 5) is 34.7. The first kappa shape index (κ1) is 26.7. The highest BCUT2D eigenvalue weighted by atomic mass is 35.5. The van der Waals surface area contributed by atoms with Crippen LogP contribution in [0.2, 0.25) is 5.02 Å².